The minimum Gasteiger partial charge on any atom is -0.484 e. The molecular formula is C21H25ClN2O4S. The third kappa shape index (κ3) is 6.19. The summed E-state index contributed by atoms with van der Waals surface area (Å²) in [5.74, 6) is 0.158. The average Bonchev–Trinajstić information content (AvgIpc) is 3.19. The van der Waals surface area contributed by atoms with E-state index in [-0.39, 0.29) is 29.5 Å². The molecule has 0 bridgehead atoms. The Kier molecular flexibility index (Phi) is 7.16. The van der Waals surface area contributed by atoms with Crippen LogP contribution in [0.15, 0.2) is 53.4 Å². The first-order chi connectivity index (χ1) is 13.8. The largest absolute Gasteiger partial charge is 0.484 e. The van der Waals surface area contributed by atoms with E-state index in [4.69, 9.17) is 16.3 Å². The summed E-state index contributed by atoms with van der Waals surface area (Å²) in [4.78, 5) is 12.3. The fourth-order valence-electron chi connectivity index (χ4n) is 3.31. The Bertz CT molecular complexity index is 924. The van der Waals surface area contributed by atoms with Gasteiger partial charge in [-0.1, -0.05) is 36.6 Å². The van der Waals surface area contributed by atoms with Crippen molar-refractivity contribution in [3.8, 4) is 5.75 Å². The van der Waals surface area contributed by atoms with Crippen molar-refractivity contribution in [2.24, 2.45) is 0 Å². The maximum absolute atomic E-state index is 12.4. The van der Waals surface area contributed by atoms with Gasteiger partial charge in [-0.2, -0.15) is 0 Å². The van der Waals surface area contributed by atoms with Crippen LogP contribution in [0, 0.1) is 0 Å². The summed E-state index contributed by atoms with van der Waals surface area (Å²) < 4.78 is 33.1. The molecular weight excluding hydrogens is 412 g/mol. The van der Waals surface area contributed by atoms with Crippen molar-refractivity contribution >= 4 is 27.5 Å². The summed E-state index contributed by atoms with van der Waals surface area (Å²) in [7, 11) is -3.54. The molecule has 0 aromatic heterocycles. The maximum atomic E-state index is 12.4. The standard InChI is InChI=1S/C21H25ClN2O4S/c1-15(16-6-8-17(22)9-7-16)23-21(25)14-28-19-10-12-20(13-11-19)29(26,27)24-18-4-2-3-5-18/h6-13,15,18,24H,2-5,14H2,1H3,(H,23,25)/t15-/m1/s1. The zero-order valence-corrected chi connectivity index (χ0v) is 17.8. The van der Waals surface area contributed by atoms with Crippen molar-refractivity contribution in [3.05, 3.63) is 59.1 Å². The van der Waals surface area contributed by atoms with E-state index < -0.39 is 10.0 Å². The summed E-state index contributed by atoms with van der Waals surface area (Å²) >= 11 is 5.87. The number of halogens is 1. The van der Waals surface area contributed by atoms with Crippen LogP contribution >= 0.6 is 11.6 Å². The molecule has 0 radical (unpaired) electrons. The number of benzene rings is 2. The highest BCUT2D eigenvalue weighted by molar-refractivity contribution is 7.89. The molecule has 2 aromatic rings. The molecule has 156 valence electrons. The number of sulfonamides is 1. The van der Waals surface area contributed by atoms with E-state index in [1.165, 1.54) is 12.1 Å². The highest BCUT2D eigenvalue weighted by Crippen LogP contribution is 2.22. The van der Waals surface area contributed by atoms with Crippen molar-refractivity contribution in [2.45, 2.75) is 49.6 Å². The molecule has 0 aliphatic heterocycles. The van der Waals surface area contributed by atoms with Gasteiger partial charge in [-0.05, 0) is 61.7 Å². The van der Waals surface area contributed by atoms with Gasteiger partial charge in [0.15, 0.2) is 6.61 Å². The molecule has 1 amide bonds. The Hall–Kier alpha value is -2.09. The predicted molar refractivity (Wildman–Crippen MR) is 113 cm³/mol. The van der Waals surface area contributed by atoms with Crippen LogP contribution in [0.4, 0.5) is 0 Å². The van der Waals surface area contributed by atoms with Crippen LogP contribution in [0.5, 0.6) is 5.75 Å². The molecule has 2 N–H and O–H groups in total. The number of nitrogens with one attached hydrogen (secondary N) is 2. The number of carbonyl (C=O) groups excluding carboxylic acids is 1. The Morgan fingerprint density at radius 2 is 1.72 bits per heavy atom. The molecule has 0 heterocycles. The van der Waals surface area contributed by atoms with Crippen LogP contribution in [-0.4, -0.2) is 27.0 Å². The molecule has 6 nitrogen and oxygen atoms in total. The van der Waals surface area contributed by atoms with Gasteiger partial charge in [0, 0.05) is 11.1 Å². The fraction of sp³-hybridized carbons (Fsp3) is 0.381. The van der Waals surface area contributed by atoms with E-state index >= 15 is 0 Å². The number of ether oxygens (including phenoxy) is 1. The van der Waals surface area contributed by atoms with Gasteiger partial charge in [-0.3, -0.25) is 4.79 Å². The SMILES string of the molecule is C[C@@H](NC(=O)COc1ccc(S(=O)(=O)NC2CCCC2)cc1)c1ccc(Cl)cc1. The lowest BCUT2D eigenvalue weighted by atomic mass is 10.1. The smallest absolute Gasteiger partial charge is 0.258 e. The molecule has 0 saturated heterocycles. The van der Waals surface area contributed by atoms with Crippen molar-refractivity contribution in [2.75, 3.05) is 6.61 Å². The Balaban J connectivity index is 1.50. The summed E-state index contributed by atoms with van der Waals surface area (Å²) in [6.07, 6.45) is 3.87. The number of carbonyl (C=O) groups is 1. The van der Waals surface area contributed by atoms with E-state index in [9.17, 15) is 13.2 Å². The van der Waals surface area contributed by atoms with Crippen LogP contribution < -0.4 is 14.8 Å². The fourth-order valence-corrected chi connectivity index (χ4v) is 4.74. The van der Waals surface area contributed by atoms with Gasteiger partial charge in [0.05, 0.1) is 10.9 Å². The maximum Gasteiger partial charge on any atom is 0.258 e. The van der Waals surface area contributed by atoms with Gasteiger partial charge in [0.25, 0.3) is 5.91 Å². The van der Waals surface area contributed by atoms with Crippen molar-refractivity contribution in [3.63, 3.8) is 0 Å². The highest BCUT2D eigenvalue weighted by atomic mass is 35.5. The Labute approximate surface area is 176 Å². The van der Waals surface area contributed by atoms with Gasteiger partial charge in [0.1, 0.15) is 5.75 Å². The molecule has 1 aliphatic rings. The van der Waals surface area contributed by atoms with E-state index in [0.29, 0.717) is 10.8 Å². The molecule has 1 fully saturated rings. The molecule has 1 atom stereocenters. The van der Waals surface area contributed by atoms with Crippen molar-refractivity contribution in [1.29, 1.82) is 0 Å². The monoisotopic (exact) mass is 436 g/mol. The number of hydrogen-bond donors (Lipinski definition) is 2. The number of amides is 1. The normalized spacial score (nSPS) is 15.8. The molecule has 29 heavy (non-hydrogen) atoms. The highest BCUT2D eigenvalue weighted by Gasteiger charge is 2.22. The first-order valence-electron chi connectivity index (χ1n) is 9.63. The van der Waals surface area contributed by atoms with E-state index in [1.54, 1.807) is 24.3 Å². The topological polar surface area (TPSA) is 84.5 Å². The molecule has 1 aliphatic carbocycles. The van der Waals surface area contributed by atoms with Crippen LogP contribution in [0.3, 0.4) is 0 Å². The Morgan fingerprint density at radius 1 is 1.10 bits per heavy atom. The second-order valence-corrected chi connectivity index (χ2v) is 9.35. The number of hydrogen-bond acceptors (Lipinski definition) is 4. The number of rotatable bonds is 8. The van der Waals surface area contributed by atoms with E-state index in [1.807, 2.05) is 19.1 Å². The summed E-state index contributed by atoms with van der Waals surface area (Å²) in [5.41, 5.74) is 0.937. The van der Waals surface area contributed by atoms with Gasteiger partial charge >= 0.3 is 0 Å². The van der Waals surface area contributed by atoms with Crippen LogP contribution in [0.1, 0.15) is 44.2 Å². The summed E-state index contributed by atoms with van der Waals surface area (Å²) in [6, 6.07) is 13.2. The minimum absolute atomic E-state index is 0.0160. The quantitative estimate of drug-likeness (QED) is 0.658. The minimum atomic E-state index is -3.54. The zero-order valence-electron chi connectivity index (χ0n) is 16.2. The van der Waals surface area contributed by atoms with Gasteiger partial charge in [-0.15, -0.1) is 0 Å². The van der Waals surface area contributed by atoms with Gasteiger partial charge < -0.3 is 10.1 Å². The van der Waals surface area contributed by atoms with Crippen LogP contribution in [-0.2, 0) is 14.8 Å². The third-order valence-electron chi connectivity index (χ3n) is 4.93. The second kappa shape index (κ2) is 9.61. The van der Waals surface area contributed by atoms with Gasteiger partial charge in [-0.25, -0.2) is 13.1 Å². The van der Waals surface area contributed by atoms with E-state index in [0.717, 1.165) is 31.2 Å². The zero-order chi connectivity index (χ0) is 20.9. The van der Waals surface area contributed by atoms with E-state index in [2.05, 4.69) is 10.0 Å². The molecule has 8 heteroatoms. The average molecular weight is 437 g/mol. The summed E-state index contributed by atoms with van der Waals surface area (Å²) in [6.45, 7) is 1.71. The van der Waals surface area contributed by atoms with Crippen molar-refractivity contribution < 1.29 is 17.9 Å². The van der Waals surface area contributed by atoms with Gasteiger partial charge in [0.2, 0.25) is 10.0 Å². The predicted octanol–water partition coefficient (Wildman–Crippen LogP) is 3.82. The molecule has 3 rings (SSSR count). The molecule has 1 saturated carbocycles. The lowest BCUT2D eigenvalue weighted by Gasteiger charge is -2.15. The first kappa shape index (κ1) is 21.6. The molecule has 0 spiro atoms. The lowest BCUT2D eigenvalue weighted by Crippen LogP contribution is -2.32. The Morgan fingerprint density at radius 3 is 2.34 bits per heavy atom. The van der Waals surface area contributed by atoms with Crippen LogP contribution in [0.25, 0.3) is 0 Å². The molecule has 2 aromatic carbocycles. The first-order valence-corrected chi connectivity index (χ1v) is 11.5. The second-order valence-electron chi connectivity index (χ2n) is 7.20. The lowest BCUT2D eigenvalue weighted by molar-refractivity contribution is -0.123. The third-order valence-corrected chi connectivity index (χ3v) is 6.72. The van der Waals surface area contributed by atoms with Crippen molar-refractivity contribution in [1.82, 2.24) is 10.0 Å². The molecule has 0 unspecified atom stereocenters. The summed E-state index contributed by atoms with van der Waals surface area (Å²) in [5, 5.41) is 3.49. The van der Waals surface area contributed by atoms with Crippen LogP contribution in [0.2, 0.25) is 5.02 Å².